The van der Waals surface area contributed by atoms with Gasteiger partial charge in [0.15, 0.2) is 0 Å². The molecule has 8 heteroatoms. The fourth-order valence-corrected chi connectivity index (χ4v) is 2.59. The third-order valence-electron chi connectivity index (χ3n) is 4.07. The summed E-state index contributed by atoms with van der Waals surface area (Å²) in [6.07, 6.45) is 3.58. The van der Waals surface area contributed by atoms with Crippen LogP contribution < -0.4 is 10.1 Å². The number of alkyl halides is 2. The van der Waals surface area contributed by atoms with E-state index in [1.165, 1.54) is 6.07 Å². The number of amides is 1. The molecule has 1 amide bonds. The number of anilines is 1. The summed E-state index contributed by atoms with van der Waals surface area (Å²) in [6, 6.07) is 3.53. The number of hydrogen-bond donors (Lipinski definition) is 2. The van der Waals surface area contributed by atoms with E-state index in [0.717, 1.165) is 25.0 Å². The lowest BCUT2D eigenvalue weighted by Gasteiger charge is -2.12. The summed E-state index contributed by atoms with van der Waals surface area (Å²) in [5.41, 5.74) is 0.789. The highest BCUT2D eigenvalue weighted by Crippen LogP contribution is 2.41. The van der Waals surface area contributed by atoms with Crippen LogP contribution in [-0.2, 0) is 6.56 Å². The van der Waals surface area contributed by atoms with Gasteiger partial charge in [0.1, 0.15) is 5.75 Å². The summed E-state index contributed by atoms with van der Waals surface area (Å²) in [6.45, 7) is -2.19. The molecular formula is C18H21F2N3O3. The summed E-state index contributed by atoms with van der Waals surface area (Å²) in [5.74, 6) is -0.764. The maximum Gasteiger partial charge on any atom is 0.387 e. The second kappa shape index (κ2) is 7.41. The maximum atomic E-state index is 12.7. The van der Waals surface area contributed by atoms with Crippen LogP contribution in [-0.4, -0.2) is 27.4 Å². The van der Waals surface area contributed by atoms with Gasteiger partial charge in [0.25, 0.3) is 5.91 Å². The van der Waals surface area contributed by atoms with Crippen LogP contribution in [0.15, 0.2) is 24.4 Å². The minimum atomic E-state index is -3.21. The quantitative estimate of drug-likeness (QED) is 0.783. The average molecular weight is 367 g/mol. The van der Waals surface area contributed by atoms with Crippen LogP contribution in [0.4, 0.5) is 14.5 Å². The Morgan fingerprint density at radius 3 is 2.81 bits per heavy atom. The molecule has 1 aromatic heterocycles. The van der Waals surface area contributed by atoms with Crippen molar-refractivity contribution in [1.29, 1.82) is 0 Å². The van der Waals surface area contributed by atoms with Gasteiger partial charge in [0.05, 0.1) is 20.6 Å². The lowest BCUT2D eigenvalue weighted by molar-refractivity contribution is -0.0508. The number of nitrogens with one attached hydrogen (secondary N) is 1. The number of carbonyl (C=O) groups excluding carboxylic acids is 1. The van der Waals surface area contributed by atoms with Crippen LogP contribution in [0.1, 0.15) is 63.0 Å². The third kappa shape index (κ3) is 4.01. The van der Waals surface area contributed by atoms with Crippen molar-refractivity contribution in [3.05, 3.63) is 41.2 Å². The molecule has 0 saturated heterocycles. The van der Waals surface area contributed by atoms with E-state index in [9.17, 15) is 18.7 Å². The Labute approximate surface area is 152 Å². The summed E-state index contributed by atoms with van der Waals surface area (Å²) in [5, 5.41) is 16.6. The number of aliphatic hydroxyl groups is 1. The summed E-state index contributed by atoms with van der Waals surface area (Å²) in [4.78, 5) is 12.7. The Hall–Kier alpha value is -2.48. The van der Waals surface area contributed by atoms with E-state index in [1.54, 1.807) is 10.9 Å². The van der Waals surface area contributed by atoms with Crippen LogP contribution in [0.3, 0.4) is 0 Å². The molecule has 1 fully saturated rings. The van der Waals surface area contributed by atoms with Crippen molar-refractivity contribution in [1.82, 2.24) is 9.78 Å². The van der Waals surface area contributed by atoms with Crippen molar-refractivity contribution in [3.63, 3.8) is 0 Å². The Morgan fingerprint density at radius 1 is 1.50 bits per heavy atom. The lowest BCUT2D eigenvalue weighted by atomic mass is 10.1. The molecule has 2 aromatic rings. The minimum Gasteiger partial charge on any atom is -0.434 e. The van der Waals surface area contributed by atoms with Gasteiger partial charge in [-0.1, -0.05) is 6.07 Å². The number of ether oxygens (including phenoxy) is 1. The largest absolute Gasteiger partial charge is 0.434 e. The number of carbonyl (C=O) groups is 1. The molecule has 0 radical (unpaired) electrons. The second-order valence-corrected chi connectivity index (χ2v) is 6.43. The van der Waals surface area contributed by atoms with E-state index < -0.39 is 30.4 Å². The van der Waals surface area contributed by atoms with Gasteiger partial charge in [-0.2, -0.15) is 13.9 Å². The van der Waals surface area contributed by atoms with Gasteiger partial charge in [-0.3, -0.25) is 9.48 Å². The van der Waals surface area contributed by atoms with Crippen LogP contribution >= 0.6 is 0 Å². The Balaban J connectivity index is 1.88. The topological polar surface area (TPSA) is 76.4 Å². The number of rotatable bonds is 7. The molecular weight excluding hydrogens is 344 g/mol. The number of benzene rings is 1. The number of nitrogens with zero attached hydrogens (tertiary/aromatic N) is 2. The highest BCUT2D eigenvalue weighted by atomic mass is 19.3. The normalized spacial score (nSPS) is 15.8. The molecule has 0 bridgehead atoms. The van der Waals surface area contributed by atoms with Gasteiger partial charge in [0, 0.05) is 35.5 Å². The van der Waals surface area contributed by atoms with Crippen molar-refractivity contribution >= 4 is 11.6 Å². The van der Waals surface area contributed by atoms with Gasteiger partial charge in [-0.15, -0.1) is 0 Å². The van der Waals surface area contributed by atoms with E-state index in [4.69, 9.17) is 2.74 Å². The second-order valence-electron chi connectivity index (χ2n) is 6.43. The van der Waals surface area contributed by atoms with E-state index >= 15 is 0 Å². The molecule has 3 rings (SSSR count). The van der Waals surface area contributed by atoms with E-state index in [0.29, 0.717) is 11.3 Å². The van der Waals surface area contributed by atoms with E-state index in [1.807, 2.05) is 13.8 Å². The van der Waals surface area contributed by atoms with Crippen LogP contribution in [0.25, 0.3) is 0 Å². The van der Waals surface area contributed by atoms with Gasteiger partial charge in [-0.25, -0.2) is 0 Å². The molecule has 2 N–H and O–H groups in total. The first kappa shape index (κ1) is 15.7. The Morgan fingerprint density at radius 2 is 2.23 bits per heavy atom. The van der Waals surface area contributed by atoms with Crippen molar-refractivity contribution in [2.24, 2.45) is 0 Å². The van der Waals surface area contributed by atoms with Crippen molar-refractivity contribution in [3.8, 4) is 5.75 Å². The molecule has 1 heterocycles. The first-order valence-electron chi connectivity index (χ1n) is 9.28. The summed E-state index contributed by atoms with van der Waals surface area (Å²) >= 11 is 0. The molecule has 26 heavy (non-hydrogen) atoms. The number of aromatic nitrogens is 2. The minimum absolute atomic E-state index is 0.0798. The van der Waals surface area contributed by atoms with Crippen molar-refractivity contribution in [2.75, 3.05) is 5.32 Å². The molecule has 6 nitrogen and oxygen atoms in total. The smallest absolute Gasteiger partial charge is 0.387 e. The van der Waals surface area contributed by atoms with Crippen molar-refractivity contribution in [2.45, 2.75) is 51.8 Å². The van der Waals surface area contributed by atoms with Crippen LogP contribution in [0.5, 0.6) is 5.75 Å². The zero-order valence-corrected chi connectivity index (χ0v) is 14.4. The van der Waals surface area contributed by atoms with Gasteiger partial charge >= 0.3 is 6.61 Å². The Bertz CT molecular complexity index is 877. The SMILES string of the molecule is [2H]C([2H])(O)c1ccc(NC(=O)c2cn(C(C)C)nc2C2CC2)cc1OC(F)F. The molecule has 1 aliphatic carbocycles. The first-order chi connectivity index (χ1) is 13.1. The van der Waals surface area contributed by atoms with Crippen LogP contribution in [0, 0.1) is 0 Å². The van der Waals surface area contributed by atoms with Gasteiger partial charge in [0.2, 0.25) is 0 Å². The average Bonchev–Trinajstić information content (AvgIpc) is 3.31. The molecule has 140 valence electrons. The van der Waals surface area contributed by atoms with Crippen molar-refractivity contribution < 1.29 is 26.2 Å². The Kier molecular flexibility index (Phi) is 4.49. The fraction of sp³-hybridized carbons (Fsp3) is 0.444. The number of hydrogen-bond acceptors (Lipinski definition) is 4. The molecule has 0 aliphatic heterocycles. The summed E-state index contributed by atoms with van der Waals surface area (Å²) in [7, 11) is 0. The molecule has 0 unspecified atom stereocenters. The predicted molar refractivity (Wildman–Crippen MR) is 91.5 cm³/mol. The first-order valence-corrected chi connectivity index (χ1v) is 8.28. The summed E-state index contributed by atoms with van der Waals surface area (Å²) < 4.78 is 46.0. The van der Waals surface area contributed by atoms with E-state index in [2.05, 4.69) is 15.2 Å². The van der Waals surface area contributed by atoms with Crippen LogP contribution in [0.2, 0.25) is 0 Å². The maximum absolute atomic E-state index is 12.7. The molecule has 1 aromatic carbocycles. The van der Waals surface area contributed by atoms with Gasteiger partial charge < -0.3 is 15.2 Å². The molecule has 0 spiro atoms. The third-order valence-corrected chi connectivity index (χ3v) is 4.07. The monoisotopic (exact) mass is 367 g/mol. The lowest BCUT2D eigenvalue weighted by Crippen LogP contribution is -2.14. The fourth-order valence-electron chi connectivity index (χ4n) is 2.59. The highest BCUT2D eigenvalue weighted by molar-refractivity contribution is 6.05. The van der Waals surface area contributed by atoms with E-state index in [-0.39, 0.29) is 17.6 Å². The molecule has 1 saturated carbocycles. The zero-order valence-electron chi connectivity index (χ0n) is 16.4. The molecule has 0 atom stereocenters. The number of halogens is 2. The van der Waals surface area contributed by atoms with Gasteiger partial charge in [-0.05, 0) is 32.8 Å². The predicted octanol–water partition coefficient (Wildman–Crippen LogP) is 3.69. The highest BCUT2D eigenvalue weighted by Gasteiger charge is 2.32. The molecule has 1 aliphatic rings. The zero-order chi connectivity index (χ0) is 20.6. The standard InChI is InChI=1S/C18H21F2N3O3/c1-10(2)23-8-14(16(22-23)11-3-4-11)17(25)21-13-6-5-12(9-24)15(7-13)26-18(19)20/h5-8,10-11,18,24H,3-4,9H2,1-2H3,(H,21,25)/i9D2.